The Bertz CT molecular complexity index is 2930. The molecule has 27 heteroatoms. The molecule has 0 saturated heterocycles. The van der Waals surface area contributed by atoms with Crippen LogP contribution in [0.1, 0.15) is 79.4 Å². The van der Waals surface area contributed by atoms with Gasteiger partial charge in [0.05, 0.1) is 35.8 Å². The molecule has 0 spiro atoms. The number of amides is 4. The summed E-state index contributed by atoms with van der Waals surface area (Å²) in [6.45, 7) is 11.2. The third-order valence-electron chi connectivity index (χ3n) is 15.1. The van der Waals surface area contributed by atoms with Crippen molar-refractivity contribution in [2.24, 2.45) is 45.1 Å². The van der Waals surface area contributed by atoms with E-state index in [2.05, 4.69) is 20.6 Å². The normalized spacial score (nSPS) is 25.3. The highest BCUT2D eigenvalue weighted by Crippen LogP contribution is 2.46. The van der Waals surface area contributed by atoms with Gasteiger partial charge < -0.3 is 95.4 Å². The van der Waals surface area contributed by atoms with Crippen LogP contribution in [0.15, 0.2) is 93.0 Å². The molecule has 0 aliphatic carbocycles. The highest BCUT2D eigenvalue weighted by molar-refractivity contribution is 6.05. The van der Waals surface area contributed by atoms with Crippen LogP contribution in [0.2, 0.25) is 0 Å². The number of ether oxygens (including phenoxy) is 9. The number of primary amides is 2. The lowest BCUT2D eigenvalue weighted by Gasteiger charge is -2.29. The number of esters is 2. The largest absolute Gasteiger partial charge is 0.506 e. The molecule has 2 aromatic carbocycles. The van der Waals surface area contributed by atoms with Crippen molar-refractivity contribution in [1.82, 2.24) is 0 Å². The predicted molar refractivity (Wildman–Crippen MR) is 337 cm³/mol. The number of aliphatic imine (C=N–C) groups is 2. The van der Waals surface area contributed by atoms with E-state index in [1.54, 1.807) is 52.0 Å². The summed E-state index contributed by atoms with van der Waals surface area (Å²) in [7, 11) is 5.65. The van der Waals surface area contributed by atoms with Gasteiger partial charge in [0.15, 0.2) is 12.2 Å². The lowest BCUT2D eigenvalue weighted by molar-refractivity contribution is -0.153. The summed E-state index contributed by atoms with van der Waals surface area (Å²) in [5.41, 5.74) is 11.8. The van der Waals surface area contributed by atoms with Gasteiger partial charge in [-0.1, -0.05) is 76.3 Å². The van der Waals surface area contributed by atoms with E-state index < -0.39 is 146 Å². The summed E-state index contributed by atoms with van der Waals surface area (Å²) in [5, 5.41) is 74.2. The highest BCUT2D eigenvalue weighted by atomic mass is 16.6. The van der Waals surface area contributed by atoms with Crippen LogP contribution in [0.5, 0.6) is 23.0 Å². The van der Waals surface area contributed by atoms with Gasteiger partial charge in [-0.15, -0.1) is 0 Å². The Balaban J connectivity index is 1.47. The third-order valence-corrected chi connectivity index (χ3v) is 15.1. The molecule has 2 aliphatic heterocycles. The average molecular weight is 1280 g/mol. The van der Waals surface area contributed by atoms with E-state index in [4.69, 9.17) is 54.1 Å². The van der Waals surface area contributed by atoms with Gasteiger partial charge in [-0.05, 0) is 76.4 Å². The van der Waals surface area contributed by atoms with Gasteiger partial charge in [0.1, 0.15) is 73.0 Å². The van der Waals surface area contributed by atoms with Crippen LogP contribution in [-0.2, 0) is 74.7 Å². The SMILES string of the molecule is COC1C=CC=C(C)C(=O)Nc2cc(O)c(N=CCOC(=O)COCC(=O)OCC=Nc3c(O)cc4c(O)c3CC(C)CC(OC)C(O)C(C)C=C(C)C(OC(N)=O)C(OC)C=CC=C(C)C(=O)N4)c(c2O)CC(C)CC(OC)C(O)C(C)C=C(C)C1OC(N)=O. The standard InChI is InChI=1S/C64H88N6O21/c1-33-23-41-53(45(71)29-43(57(41)77)69-61(79)35(3)15-13-17-47(83-9)59(90-63(65)81)39(7)27-37(5)55(75)49(25-33)85-11)67-19-21-88-51(73)31-87-32-52(74)89-22-20-68-54-42-24-34(2)26-50(86-12)56(76)38(6)28-40(8)60(91-64(66)82)48(84-10)18-14-16-36(4)62(80)70-44(58(42)78)30-46(54)72/h13-20,27-30,33-34,37-38,47-50,55-56,59-60,71-72,75-78H,21-26,31-32H2,1-12H3,(H2,65,81)(H2,66,82)(H,69,79)(H,70,80). The van der Waals surface area contributed by atoms with Crippen LogP contribution in [0.25, 0.3) is 0 Å². The lowest BCUT2D eigenvalue weighted by atomic mass is 9.87. The second-order valence-corrected chi connectivity index (χ2v) is 22.4. The first-order valence-electron chi connectivity index (χ1n) is 29.2. The quantitative estimate of drug-likeness (QED) is 0.0210. The fraction of sp³-hybridized carbons (Fsp3) is 0.500. The number of fused-ring (bicyclic) bond motifs is 4. The van der Waals surface area contributed by atoms with Gasteiger partial charge in [0, 0.05) is 87.1 Å². The summed E-state index contributed by atoms with van der Waals surface area (Å²) in [6.07, 6.45) is 5.61. The molecule has 91 heavy (non-hydrogen) atoms. The second kappa shape index (κ2) is 36.4. The molecule has 2 aliphatic rings. The number of aliphatic hydroxyl groups is 2. The molecule has 4 rings (SSSR count). The molecule has 27 nitrogen and oxygen atoms in total. The number of nitrogens with two attached hydrogens (primary N) is 2. The Morgan fingerprint density at radius 2 is 0.956 bits per heavy atom. The van der Waals surface area contributed by atoms with Crippen molar-refractivity contribution >= 4 is 71.1 Å². The Labute approximate surface area is 529 Å². The van der Waals surface area contributed by atoms with Crippen molar-refractivity contribution in [2.75, 3.05) is 65.5 Å². The van der Waals surface area contributed by atoms with Crippen LogP contribution in [0.4, 0.5) is 32.3 Å². The number of nitrogens with one attached hydrogen (secondary N) is 2. The zero-order chi connectivity index (χ0) is 67.8. The lowest BCUT2D eigenvalue weighted by Crippen LogP contribution is -2.37. The van der Waals surface area contributed by atoms with Crippen LogP contribution in [0, 0.1) is 23.7 Å². The smallest absolute Gasteiger partial charge is 0.405 e. The van der Waals surface area contributed by atoms with Crippen molar-refractivity contribution < 1.29 is 102 Å². The molecular weight excluding hydrogens is 1190 g/mol. The summed E-state index contributed by atoms with van der Waals surface area (Å²) in [6, 6.07) is 2.20. The van der Waals surface area contributed by atoms with Crippen molar-refractivity contribution in [2.45, 2.75) is 130 Å². The molecule has 4 amide bonds. The maximum atomic E-state index is 13.4. The van der Waals surface area contributed by atoms with Gasteiger partial charge in [0.2, 0.25) is 0 Å². The minimum atomic E-state index is -1.09. The van der Waals surface area contributed by atoms with E-state index in [-0.39, 0.29) is 82.5 Å². The van der Waals surface area contributed by atoms with Crippen LogP contribution in [0.3, 0.4) is 0 Å². The Morgan fingerprint density at radius 3 is 1.29 bits per heavy atom. The summed E-state index contributed by atoms with van der Waals surface area (Å²) >= 11 is 0. The maximum Gasteiger partial charge on any atom is 0.405 e. The Hall–Kier alpha value is -8.44. The Morgan fingerprint density at radius 1 is 0.593 bits per heavy atom. The first-order valence-corrected chi connectivity index (χ1v) is 29.2. The third kappa shape index (κ3) is 22.5. The van der Waals surface area contributed by atoms with Crippen LogP contribution < -0.4 is 22.1 Å². The van der Waals surface area contributed by atoms with Crippen molar-refractivity contribution in [1.29, 1.82) is 0 Å². The minimum Gasteiger partial charge on any atom is -0.506 e. The number of anilines is 2. The van der Waals surface area contributed by atoms with E-state index in [0.29, 0.717) is 11.1 Å². The van der Waals surface area contributed by atoms with E-state index >= 15 is 0 Å². The molecule has 0 fully saturated rings. The number of phenols is 4. The van der Waals surface area contributed by atoms with Crippen molar-refractivity contribution in [3.05, 3.63) is 94.2 Å². The molecule has 12 atom stereocenters. The van der Waals surface area contributed by atoms with Crippen molar-refractivity contribution in [3.63, 3.8) is 0 Å². The van der Waals surface area contributed by atoms with Crippen LogP contribution >= 0.6 is 0 Å². The van der Waals surface area contributed by atoms with Gasteiger partial charge >= 0.3 is 24.1 Å². The fourth-order valence-electron chi connectivity index (χ4n) is 10.3. The molecule has 2 aromatic rings. The molecule has 0 radical (unpaired) electrons. The van der Waals surface area contributed by atoms with Crippen molar-refractivity contribution in [3.8, 4) is 23.0 Å². The maximum absolute atomic E-state index is 13.4. The zero-order valence-electron chi connectivity index (χ0n) is 53.4. The first-order chi connectivity index (χ1) is 43.0. The molecule has 4 bridgehead atoms. The number of carbonyl (C=O) groups excluding carboxylic acids is 6. The van der Waals surface area contributed by atoms with E-state index in [1.807, 2.05) is 13.8 Å². The number of carbonyl (C=O) groups is 6. The van der Waals surface area contributed by atoms with Gasteiger partial charge in [-0.25, -0.2) is 19.2 Å². The monoisotopic (exact) mass is 1280 g/mol. The molecule has 0 saturated carbocycles. The number of hydrogen-bond acceptors (Lipinski definition) is 23. The number of nitrogens with zero attached hydrogens (tertiary/aromatic N) is 2. The number of hydrogen-bond donors (Lipinski definition) is 10. The van der Waals surface area contributed by atoms with E-state index in [0.717, 1.165) is 24.6 Å². The van der Waals surface area contributed by atoms with Gasteiger partial charge in [0.25, 0.3) is 11.8 Å². The molecule has 12 unspecified atom stereocenters. The topological polar surface area (TPSA) is 408 Å². The van der Waals surface area contributed by atoms with Crippen LogP contribution in [-0.4, -0.2) is 183 Å². The Kier molecular flexibility index (Phi) is 30.0. The molecule has 0 aromatic heterocycles. The van der Waals surface area contributed by atoms with E-state index in [9.17, 15) is 59.4 Å². The fourth-order valence-corrected chi connectivity index (χ4v) is 10.3. The van der Waals surface area contributed by atoms with Gasteiger partial charge in [-0.3, -0.25) is 19.6 Å². The minimum absolute atomic E-state index is 0.0267. The number of aromatic hydroxyl groups is 4. The number of allylic oxidation sites excluding steroid dienone is 4. The van der Waals surface area contributed by atoms with Gasteiger partial charge in [-0.2, -0.15) is 0 Å². The molecule has 2 heterocycles. The summed E-state index contributed by atoms with van der Waals surface area (Å²) in [5.74, 6) is -6.80. The predicted octanol–water partition coefficient (Wildman–Crippen LogP) is 6.64. The number of methoxy groups -OCH3 is 4. The summed E-state index contributed by atoms with van der Waals surface area (Å²) in [4.78, 5) is 84.8. The second-order valence-electron chi connectivity index (χ2n) is 22.4. The number of phenolic OH excluding ortho intramolecular Hbond substituents is 4. The number of aliphatic hydroxyl groups excluding tert-OH is 2. The van der Waals surface area contributed by atoms with E-state index in [1.165, 1.54) is 66.6 Å². The zero-order valence-corrected chi connectivity index (χ0v) is 53.4. The number of rotatable bonds is 16. The average Bonchev–Trinajstić information content (AvgIpc) is 1.05. The summed E-state index contributed by atoms with van der Waals surface area (Å²) < 4.78 is 49.1. The highest BCUT2D eigenvalue weighted by Gasteiger charge is 2.33. The molecule has 12 N–H and O–H groups in total. The first kappa shape index (κ1) is 75.0. The molecular formula is C64H88N6O21. The number of benzene rings is 2. The molecule has 500 valence electrons.